The Morgan fingerprint density at radius 3 is 2.20 bits per heavy atom. The first-order chi connectivity index (χ1) is 9.52. The molecule has 0 aromatic rings. The number of hydrogen-bond donors (Lipinski definition) is 1. The number of carbonyl (C=O) groups excluding carboxylic acids is 1. The van der Waals surface area contributed by atoms with Gasteiger partial charge in [0.2, 0.25) is 5.91 Å². The molecule has 1 N–H and O–H groups in total. The molecule has 0 aliphatic carbocycles. The molecule has 0 saturated heterocycles. The first-order valence-electron chi connectivity index (χ1n) is 7.94. The molecular formula is C16H33NO3. The molecule has 0 unspecified atom stereocenters. The number of amides is 1. The summed E-state index contributed by atoms with van der Waals surface area (Å²) < 4.78 is 11.0. The van der Waals surface area contributed by atoms with E-state index in [1.165, 1.54) is 0 Å². The molecule has 0 aromatic carbocycles. The van der Waals surface area contributed by atoms with Crippen LogP contribution in [0.25, 0.3) is 0 Å². The number of nitrogens with one attached hydrogen (secondary N) is 1. The minimum absolute atomic E-state index is 0.129. The SMILES string of the molecule is CC(C)CCC(=O)NCCOCCCCOCC(C)C. The molecule has 1 amide bonds. The van der Waals surface area contributed by atoms with Gasteiger partial charge < -0.3 is 14.8 Å². The van der Waals surface area contributed by atoms with Crippen molar-refractivity contribution in [1.29, 1.82) is 0 Å². The summed E-state index contributed by atoms with van der Waals surface area (Å²) in [5, 5.41) is 2.87. The lowest BCUT2D eigenvalue weighted by Crippen LogP contribution is -2.27. The molecule has 4 nitrogen and oxygen atoms in total. The van der Waals surface area contributed by atoms with Gasteiger partial charge in [-0.2, -0.15) is 0 Å². The van der Waals surface area contributed by atoms with Crippen LogP contribution in [-0.2, 0) is 14.3 Å². The fourth-order valence-electron chi connectivity index (χ4n) is 1.60. The van der Waals surface area contributed by atoms with Crippen molar-refractivity contribution in [3.8, 4) is 0 Å². The summed E-state index contributed by atoms with van der Waals surface area (Å²) in [5.41, 5.74) is 0. The maximum atomic E-state index is 11.4. The predicted molar refractivity (Wildman–Crippen MR) is 82.8 cm³/mol. The summed E-state index contributed by atoms with van der Waals surface area (Å²) in [4.78, 5) is 11.4. The third kappa shape index (κ3) is 15.4. The van der Waals surface area contributed by atoms with E-state index < -0.39 is 0 Å². The van der Waals surface area contributed by atoms with E-state index in [0.29, 0.717) is 31.4 Å². The summed E-state index contributed by atoms with van der Waals surface area (Å²) in [6.07, 6.45) is 3.61. The van der Waals surface area contributed by atoms with Crippen molar-refractivity contribution in [3.63, 3.8) is 0 Å². The summed E-state index contributed by atoms with van der Waals surface area (Å²) in [6, 6.07) is 0. The average Bonchev–Trinajstić information content (AvgIpc) is 2.38. The van der Waals surface area contributed by atoms with Crippen LogP contribution in [0.5, 0.6) is 0 Å². The number of ether oxygens (including phenoxy) is 2. The van der Waals surface area contributed by atoms with Crippen molar-refractivity contribution in [2.24, 2.45) is 11.8 Å². The topological polar surface area (TPSA) is 47.6 Å². The maximum absolute atomic E-state index is 11.4. The number of rotatable bonds is 13. The number of carbonyl (C=O) groups is 1. The van der Waals surface area contributed by atoms with Crippen LogP contribution >= 0.6 is 0 Å². The molecule has 120 valence electrons. The highest BCUT2D eigenvalue weighted by atomic mass is 16.5. The second-order valence-corrected chi connectivity index (χ2v) is 6.07. The van der Waals surface area contributed by atoms with Gasteiger partial charge in [-0.3, -0.25) is 4.79 Å². The van der Waals surface area contributed by atoms with Gasteiger partial charge in [-0.1, -0.05) is 27.7 Å². The van der Waals surface area contributed by atoms with E-state index in [9.17, 15) is 4.79 Å². The van der Waals surface area contributed by atoms with Crippen molar-refractivity contribution >= 4 is 5.91 Å². The van der Waals surface area contributed by atoms with Crippen LogP contribution in [0.2, 0.25) is 0 Å². The molecule has 0 aliphatic heterocycles. The van der Waals surface area contributed by atoms with Crippen LogP contribution in [-0.4, -0.2) is 38.9 Å². The summed E-state index contributed by atoms with van der Waals surface area (Å²) in [6.45, 7) is 12.2. The smallest absolute Gasteiger partial charge is 0.220 e. The van der Waals surface area contributed by atoms with Crippen LogP contribution in [0.15, 0.2) is 0 Å². The van der Waals surface area contributed by atoms with Crippen molar-refractivity contribution in [2.45, 2.75) is 53.4 Å². The van der Waals surface area contributed by atoms with Gasteiger partial charge in [0, 0.05) is 32.8 Å². The molecule has 0 saturated carbocycles. The van der Waals surface area contributed by atoms with E-state index in [4.69, 9.17) is 9.47 Å². The van der Waals surface area contributed by atoms with Crippen molar-refractivity contribution < 1.29 is 14.3 Å². The van der Waals surface area contributed by atoms with Crippen molar-refractivity contribution in [1.82, 2.24) is 5.32 Å². The summed E-state index contributed by atoms with van der Waals surface area (Å²) in [7, 11) is 0. The molecule has 0 spiro atoms. The highest BCUT2D eigenvalue weighted by molar-refractivity contribution is 5.75. The lowest BCUT2D eigenvalue weighted by Gasteiger charge is -2.08. The molecule has 20 heavy (non-hydrogen) atoms. The zero-order valence-corrected chi connectivity index (χ0v) is 13.7. The maximum Gasteiger partial charge on any atom is 0.220 e. The molecule has 0 atom stereocenters. The zero-order valence-electron chi connectivity index (χ0n) is 13.7. The standard InChI is InChI=1S/C16H33NO3/c1-14(2)7-8-16(18)17-9-12-19-10-5-6-11-20-13-15(3)4/h14-15H,5-13H2,1-4H3,(H,17,18). The third-order valence-electron chi connectivity index (χ3n) is 2.80. The Kier molecular flexibility index (Phi) is 13.0. The lowest BCUT2D eigenvalue weighted by molar-refractivity contribution is -0.121. The fraction of sp³-hybridized carbons (Fsp3) is 0.938. The fourth-order valence-corrected chi connectivity index (χ4v) is 1.60. The molecular weight excluding hydrogens is 254 g/mol. The van der Waals surface area contributed by atoms with E-state index in [1.54, 1.807) is 0 Å². The second kappa shape index (κ2) is 13.4. The predicted octanol–water partition coefficient (Wildman–Crippen LogP) is 3.01. The Hall–Kier alpha value is -0.610. The first-order valence-corrected chi connectivity index (χ1v) is 7.94. The third-order valence-corrected chi connectivity index (χ3v) is 2.80. The Morgan fingerprint density at radius 1 is 0.950 bits per heavy atom. The molecule has 0 rings (SSSR count). The first kappa shape index (κ1) is 19.4. The average molecular weight is 287 g/mol. The van der Waals surface area contributed by atoms with E-state index in [-0.39, 0.29) is 5.91 Å². The van der Waals surface area contributed by atoms with Gasteiger partial charge in [0.05, 0.1) is 6.61 Å². The van der Waals surface area contributed by atoms with Gasteiger partial charge in [0.15, 0.2) is 0 Å². The Bertz CT molecular complexity index is 230. The van der Waals surface area contributed by atoms with E-state index in [0.717, 1.165) is 39.1 Å². The minimum Gasteiger partial charge on any atom is -0.381 e. The Balaban J connectivity index is 3.14. The lowest BCUT2D eigenvalue weighted by atomic mass is 10.1. The van der Waals surface area contributed by atoms with E-state index in [1.807, 2.05) is 0 Å². The van der Waals surface area contributed by atoms with Gasteiger partial charge in [0.25, 0.3) is 0 Å². The normalized spacial score (nSPS) is 11.3. The van der Waals surface area contributed by atoms with Gasteiger partial charge >= 0.3 is 0 Å². The molecule has 0 fully saturated rings. The van der Waals surface area contributed by atoms with E-state index >= 15 is 0 Å². The Morgan fingerprint density at radius 2 is 1.60 bits per heavy atom. The van der Waals surface area contributed by atoms with Crippen molar-refractivity contribution in [2.75, 3.05) is 33.0 Å². The number of hydrogen-bond acceptors (Lipinski definition) is 3. The molecule has 4 heteroatoms. The summed E-state index contributed by atoms with van der Waals surface area (Å²) >= 11 is 0. The zero-order chi connectivity index (χ0) is 15.2. The van der Waals surface area contributed by atoms with Crippen LogP contribution in [0.3, 0.4) is 0 Å². The summed E-state index contributed by atoms with van der Waals surface area (Å²) in [5.74, 6) is 1.31. The highest BCUT2D eigenvalue weighted by Crippen LogP contribution is 2.02. The van der Waals surface area contributed by atoms with Crippen LogP contribution in [0.1, 0.15) is 53.4 Å². The monoisotopic (exact) mass is 287 g/mol. The van der Waals surface area contributed by atoms with Gasteiger partial charge in [-0.05, 0) is 31.1 Å². The molecule has 0 bridgehead atoms. The van der Waals surface area contributed by atoms with Gasteiger partial charge in [-0.15, -0.1) is 0 Å². The van der Waals surface area contributed by atoms with Gasteiger partial charge in [-0.25, -0.2) is 0 Å². The van der Waals surface area contributed by atoms with E-state index in [2.05, 4.69) is 33.0 Å². The van der Waals surface area contributed by atoms with Crippen LogP contribution in [0, 0.1) is 11.8 Å². The highest BCUT2D eigenvalue weighted by Gasteiger charge is 2.02. The minimum atomic E-state index is 0.129. The Labute approximate surface area is 124 Å². The molecule has 0 heterocycles. The van der Waals surface area contributed by atoms with Gasteiger partial charge in [0.1, 0.15) is 0 Å². The molecule has 0 aliphatic rings. The molecule has 0 aromatic heterocycles. The van der Waals surface area contributed by atoms with Crippen LogP contribution < -0.4 is 5.32 Å². The van der Waals surface area contributed by atoms with Crippen molar-refractivity contribution in [3.05, 3.63) is 0 Å². The largest absolute Gasteiger partial charge is 0.381 e. The number of unbranched alkanes of at least 4 members (excludes halogenated alkanes) is 1. The van der Waals surface area contributed by atoms with Crippen LogP contribution in [0.4, 0.5) is 0 Å². The molecule has 0 radical (unpaired) electrons. The second-order valence-electron chi connectivity index (χ2n) is 6.07. The quantitative estimate of drug-likeness (QED) is 0.530.